The van der Waals surface area contributed by atoms with Crippen LogP contribution in [-0.2, 0) is 9.59 Å². The summed E-state index contributed by atoms with van der Waals surface area (Å²) in [5, 5.41) is 16.3. The first-order valence-electron chi connectivity index (χ1n) is 2.30. The number of hydrogen-bond donors (Lipinski definition) is 2. The Morgan fingerprint density at radius 3 is 2.00 bits per heavy atom. The van der Waals surface area contributed by atoms with Gasteiger partial charge >= 0.3 is 11.9 Å². The molecule has 0 aliphatic heterocycles. The highest BCUT2D eigenvalue weighted by molar-refractivity contribution is 6.22. The van der Waals surface area contributed by atoms with Crippen molar-refractivity contribution < 1.29 is 19.8 Å². The first-order valence-corrected chi connectivity index (χ1v) is 2.84. The summed E-state index contributed by atoms with van der Waals surface area (Å²) >= 11 is 5.09. The highest BCUT2D eigenvalue weighted by Crippen LogP contribution is 1.96. The van der Waals surface area contributed by atoms with Gasteiger partial charge in [0.15, 0.2) is 0 Å². The van der Waals surface area contributed by atoms with Crippen molar-refractivity contribution in [3.05, 3.63) is 11.6 Å². The molecule has 0 spiro atoms. The molecule has 0 bridgehead atoms. The fourth-order valence-electron chi connectivity index (χ4n) is 0.307. The maximum atomic E-state index is 10.0. The summed E-state index contributed by atoms with van der Waals surface area (Å²) in [6.45, 7) is 0. The third-order valence-electron chi connectivity index (χ3n) is 0.716. The number of aliphatic carboxylic acids is 2. The van der Waals surface area contributed by atoms with E-state index in [9.17, 15) is 9.59 Å². The lowest BCUT2D eigenvalue weighted by atomic mass is 10.3. The zero-order valence-corrected chi connectivity index (χ0v) is 5.63. The molecule has 0 rings (SSSR count). The maximum absolute atomic E-state index is 10.0. The van der Waals surface area contributed by atoms with Gasteiger partial charge in [0.2, 0.25) is 0 Å². The van der Waals surface area contributed by atoms with Crippen LogP contribution >= 0.6 is 11.6 Å². The van der Waals surface area contributed by atoms with Gasteiger partial charge in [0, 0.05) is 6.08 Å². The van der Waals surface area contributed by atoms with E-state index in [1.807, 2.05) is 0 Å². The normalized spacial score (nSPS) is 11.1. The van der Waals surface area contributed by atoms with E-state index in [0.717, 1.165) is 0 Å². The lowest BCUT2D eigenvalue weighted by molar-refractivity contribution is -0.135. The minimum atomic E-state index is -1.31. The molecule has 5 heteroatoms. The molecule has 4 nitrogen and oxygen atoms in total. The van der Waals surface area contributed by atoms with Crippen LogP contribution in [0.2, 0.25) is 0 Å². The Bertz CT molecular complexity index is 184. The summed E-state index contributed by atoms with van der Waals surface area (Å²) in [6.07, 6.45) is 0.565. The summed E-state index contributed by atoms with van der Waals surface area (Å²) in [7, 11) is 0. The lowest BCUT2D eigenvalue weighted by Gasteiger charge is -1.90. The number of carboxylic acid groups (broad SMARTS) is 2. The van der Waals surface area contributed by atoms with Crippen LogP contribution in [0.3, 0.4) is 0 Å². The highest BCUT2D eigenvalue weighted by Gasteiger charge is 2.06. The Morgan fingerprint density at radius 2 is 1.90 bits per heavy atom. The summed E-state index contributed by atoms with van der Waals surface area (Å²) in [6, 6.07) is 0. The lowest BCUT2D eigenvalue weighted by Crippen LogP contribution is -2.04. The predicted molar refractivity (Wildman–Crippen MR) is 34.1 cm³/mol. The van der Waals surface area contributed by atoms with E-state index >= 15 is 0 Å². The molecule has 56 valence electrons. The molecule has 0 saturated heterocycles. The summed E-state index contributed by atoms with van der Waals surface area (Å²) < 4.78 is 0. The summed E-state index contributed by atoms with van der Waals surface area (Å²) in [4.78, 5) is 19.9. The molecule has 0 aromatic heterocycles. The molecular formula is C5H5ClO4. The smallest absolute Gasteiger partial charge is 0.333 e. The first-order chi connectivity index (χ1) is 4.57. The van der Waals surface area contributed by atoms with Gasteiger partial charge in [0.25, 0.3) is 0 Å². The molecule has 0 aliphatic rings. The zero-order chi connectivity index (χ0) is 8.15. The van der Waals surface area contributed by atoms with Crippen LogP contribution in [0.4, 0.5) is 0 Å². The van der Waals surface area contributed by atoms with E-state index in [1.54, 1.807) is 0 Å². The molecule has 0 atom stereocenters. The van der Waals surface area contributed by atoms with Gasteiger partial charge in [-0.2, -0.15) is 0 Å². The van der Waals surface area contributed by atoms with E-state index in [4.69, 9.17) is 21.8 Å². The second-order valence-corrected chi connectivity index (χ2v) is 1.71. The van der Waals surface area contributed by atoms with Crippen LogP contribution in [0.25, 0.3) is 0 Å². The third-order valence-corrected chi connectivity index (χ3v) is 1.00. The third kappa shape index (κ3) is 3.09. The van der Waals surface area contributed by atoms with Crippen molar-refractivity contribution in [2.45, 2.75) is 0 Å². The number of halogens is 1. The van der Waals surface area contributed by atoms with Crippen molar-refractivity contribution in [3.63, 3.8) is 0 Å². The van der Waals surface area contributed by atoms with Crippen LogP contribution in [0.15, 0.2) is 11.6 Å². The zero-order valence-electron chi connectivity index (χ0n) is 4.87. The van der Waals surface area contributed by atoms with Gasteiger partial charge < -0.3 is 10.2 Å². The fraction of sp³-hybridized carbons (Fsp3) is 0.200. The molecule has 0 aromatic rings. The van der Waals surface area contributed by atoms with E-state index < -0.39 is 11.9 Å². The quantitative estimate of drug-likeness (QED) is 0.465. The van der Waals surface area contributed by atoms with Crippen molar-refractivity contribution in [2.75, 3.05) is 5.88 Å². The van der Waals surface area contributed by atoms with Crippen LogP contribution in [0.5, 0.6) is 0 Å². The van der Waals surface area contributed by atoms with E-state index in [1.165, 1.54) is 0 Å². The standard InChI is InChI=1S/C5H5ClO4/c6-2-3(5(9)10)1-4(7)8/h1H,2H2,(H,7,8)(H,9,10). The average molecular weight is 165 g/mol. The van der Waals surface area contributed by atoms with E-state index in [-0.39, 0.29) is 11.5 Å². The van der Waals surface area contributed by atoms with Crippen molar-refractivity contribution >= 4 is 23.5 Å². The van der Waals surface area contributed by atoms with Crippen LogP contribution < -0.4 is 0 Å². The van der Waals surface area contributed by atoms with Gasteiger partial charge in [-0.1, -0.05) is 0 Å². The number of alkyl halides is 1. The largest absolute Gasteiger partial charge is 0.478 e. The predicted octanol–water partition coefficient (Wildman–Crippen LogP) is 0.321. The van der Waals surface area contributed by atoms with Crippen molar-refractivity contribution in [1.29, 1.82) is 0 Å². The van der Waals surface area contributed by atoms with Crippen LogP contribution in [0, 0.1) is 0 Å². The number of hydrogen-bond acceptors (Lipinski definition) is 2. The first kappa shape index (κ1) is 8.97. The second-order valence-electron chi connectivity index (χ2n) is 1.45. The molecule has 0 aliphatic carbocycles. The van der Waals surface area contributed by atoms with E-state index in [0.29, 0.717) is 6.08 Å². The second kappa shape index (κ2) is 3.90. The Kier molecular flexibility index (Phi) is 3.49. The number of carboxylic acids is 2. The number of carbonyl (C=O) groups is 2. The molecule has 0 heterocycles. The molecule has 0 fully saturated rings. The molecule has 0 unspecified atom stereocenters. The van der Waals surface area contributed by atoms with Gasteiger partial charge in [-0.05, 0) is 0 Å². The monoisotopic (exact) mass is 164 g/mol. The molecule has 10 heavy (non-hydrogen) atoms. The summed E-state index contributed by atoms with van der Waals surface area (Å²) in [5.41, 5.74) is -0.325. The van der Waals surface area contributed by atoms with Crippen molar-refractivity contribution in [2.24, 2.45) is 0 Å². The maximum Gasteiger partial charge on any atom is 0.333 e. The molecule has 0 radical (unpaired) electrons. The van der Waals surface area contributed by atoms with Gasteiger partial charge in [-0.3, -0.25) is 0 Å². The Balaban J connectivity index is 4.34. The number of rotatable bonds is 3. The van der Waals surface area contributed by atoms with Gasteiger partial charge in [0.05, 0.1) is 11.5 Å². The molecular weight excluding hydrogens is 160 g/mol. The molecule has 0 aromatic carbocycles. The fourth-order valence-corrected chi connectivity index (χ4v) is 0.498. The molecule has 0 amide bonds. The summed E-state index contributed by atoms with van der Waals surface area (Å²) in [5.74, 6) is -2.92. The Morgan fingerprint density at radius 1 is 1.40 bits per heavy atom. The minimum Gasteiger partial charge on any atom is -0.478 e. The van der Waals surface area contributed by atoms with E-state index in [2.05, 4.69) is 0 Å². The van der Waals surface area contributed by atoms with Crippen LogP contribution in [-0.4, -0.2) is 28.0 Å². The van der Waals surface area contributed by atoms with Gasteiger partial charge in [-0.25, -0.2) is 9.59 Å². The van der Waals surface area contributed by atoms with Crippen molar-refractivity contribution in [3.8, 4) is 0 Å². The van der Waals surface area contributed by atoms with Crippen LogP contribution in [0.1, 0.15) is 0 Å². The topological polar surface area (TPSA) is 74.6 Å². The van der Waals surface area contributed by atoms with Gasteiger partial charge in [0.1, 0.15) is 0 Å². The minimum absolute atomic E-state index is 0.304. The SMILES string of the molecule is O=C(O)C=C(CCl)C(=O)O. The van der Waals surface area contributed by atoms with Gasteiger partial charge in [-0.15, -0.1) is 11.6 Å². The Hall–Kier alpha value is -1.03. The average Bonchev–Trinajstić information content (AvgIpc) is 1.81. The highest BCUT2D eigenvalue weighted by atomic mass is 35.5. The van der Waals surface area contributed by atoms with Crippen molar-refractivity contribution in [1.82, 2.24) is 0 Å². The Labute approximate surface area is 61.7 Å². The molecule has 0 saturated carbocycles. The molecule has 2 N–H and O–H groups in total.